The smallest absolute Gasteiger partial charge is 0.231 e. The minimum Gasteiger partial charge on any atom is -0.310 e. The predicted octanol–water partition coefficient (Wildman–Crippen LogP) is 5.52. The summed E-state index contributed by atoms with van der Waals surface area (Å²) in [7, 11) is 0. The van der Waals surface area contributed by atoms with Crippen LogP contribution in [0.2, 0.25) is 0 Å². The Morgan fingerprint density at radius 3 is 1.71 bits per heavy atom. The Bertz CT molecular complexity index is 1770. The van der Waals surface area contributed by atoms with E-state index in [-0.39, 0.29) is 29.5 Å². The first kappa shape index (κ1) is 31.4. The molecule has 2 aliphatic rings. The summed E-state index contributed by atoms with van der Waals surface area (Å²) in [5.41, 5.74) is 1.36. The lowest BCUT2D eigenvalue weighted by atomic mass is 10.1. The molecule has 230 valence electrons. The number of nitriles is 2. The normalized spacial score (nSPS) is 17.2. The lowest BCUT2D eigenvalue weighted by Gasteiger charge is -2.08. The summed E-state index contributed by atoms with van der Waals surface area (Å²) in [4.78, 5) is 37.1. The molecule has 2 saturated heterocycles. The molecule has 0 saturated carbocycles. The number of benzene rings is 2. The number of anilines is 2. The van der Waals surface area contributed by atoms with Crippen LogP contribution in [0.5, 0.6) is 0 Å². The second kappa shape index (κ2) is 14.2. The molecule has 4 heterocycles. The zero-order valence-electron chi connectivity index (χ0n) is 23.5. The monoisotopic (exact) mass is 650 g/mol. The molecular weight excluding hydrogens is 626 g/mol. The summed E-state index contributed by atoms with van der Waals surface area (Å²) in [6.07, 6.45) is 8.54. The molecule has 45 heavy (non-hydrogen) atoms. The van der Waals surface area contributed by atoms with E-state index in [4.69, 9.17) is 10.5 Å². The number of hydrogen-bond acceptors (Lipinski definition) is 10. The van der Waals surface area contributed by atoms with Crippen molar-refractivity contribution < 1.29 is 22.8 Å². The van der Waals surface area contributed by atoms with Gasteiger partial charge in [0.2, 0.25) is 11.8 Å². The third-order valence-electron chi connectivity index (χ3n) is 7.21. The van der Waals surface area contributed by atoms with Crippen LogP contribution in [0.4, 0.5) is 23.4 Å². The van der Waals surface area contributed by atoms with Crippen molar-refractivity contribution in [2.24, 2.45) is 11.8 Å². The topological polar surface area (TPSA) is 138 Å². The molecule has 0 radical (unpaired) electrons. The highest BCUT2D eigenvalue weighted by molar-refractivity contribution is 7.19. The van der Waals surface area contributed by atoms with Gasteiger partial charge in [-0.3, -0.25) is 9.59 Å². The number of nitrogens with one attached hydrogen (secondary N) is 2. The molecule has 0 bridgehead atoms. The minimum atomic E-state index is -0.927. The van der Waals surface area contributed by atoms with Gasteiger partial charge in [0.25, 0.3) is 0 Å². The van der Waals surface area contributed by atoms with Gasteiger partial charge in [-0.1, -0.05) is 40.9 Å². The average Bonchev–Trinajstić information content (AvgIpc) is 3.86. The highest BCUT2D eigenvalue weighted by Crippen LogP contribution is 2.31. The molecule has 10 nitrogen and oxygen atoms in total. The Morgan fingerprint density at radius 1 is 0.756 bits per heavy atom. The van der Waals surface area contributed by atoms with Crippen LogP contribution in [0, 0.1) is 52.2 Å². The zero-order valence-corrected chi connectivity index (χ0v) is 25.2. The Kier molecular flexibility index (Phi) is 9.92. The van der Waals surface area contributed by atoms with Crippen LogP contribution in [0.25, 0.3) is 20.9 Å². The van der Waals surface area contributed by atoms with E-state index in [2.05, 4.69) is 26.8 Å². The lowest BCUT2D eigenvalue weighted by Crippen LogP contribution is -2.25. The Morgan fingerprint density at radius 2 is 1.24 bits per heavy atom. The number of nitrogens with zero attached hydrogens (tertiary/aromatic N) is 6. The molecule has 2 aromatic heterocycles. The van der Waals surface area contributed by atoms with Crippen LogP contribution in [0.1, 0.15) is 12.8 Å². The molecule has 2 amide bonds. The maximum atomic E-state index is 13.3. The number of rotatable bonds is 6. The molecule has 0 spiro atoms. The molecule has 2 aromatic carbocycles. The maximum Gasteiger partial charge on any atom is 0.231 e. The SMILES string of the molecule is N#CN1CC[C@H](C(=O)Nc2ncc(-c3ccc(F)c(F)c3)s2)C1.N#CN1CC[C@H](C(=O)Nc2ncc(-c3ccc(F)cc3)s2)C1. The molecule has 2 N–H and O–H groups in total. The first-order valence-corrected chi connectivity index (χ1v) is 15.4. The number of thiazole rings is 2. The van der Waals surface area contributed by atoms with Crippen molar-refractivity contribution in [3.63, 3.8) is 0 Å². The van der Waals surface area contributed by atoms with Gasteiger partial charge in [-0.25, -0.2) is 23.1 Å². The predicted molar refractivity (Wildman–Crippen MR) is 163 cm³/mol. The van der Waals surface area contributed by atoms with E-state index < -0.39 is 11.6 Å². The van der Waals surface area contributed by atoms with Crippen molar-refractivity contribution >= 4 is 44.8 Å². The fourth-order valence-corrected chi connectivity index (χ4v) is 6.38. The van der Waals surface area contributed by atoms with Gasteiger partial charge in [-0.05, 0) is 48.2 Å². The van der Waals surface area contributed by atoms with Gasteiger partial charge in [0, 0.05) is 38.6 Å². The fourth-order valence-electron chi connectivity index (χ4n) is 4.74. The summed E-state index contributed by atoms with van der Waals surface area (Å²) in [6, 6.07) is 9.74. The molecule has 0 aliphatic carbocycles. The van der Waals surface area contributed by atoms with Gasteiger partial charge in [0.1, 0.15) is 5.82 Å². The van der Waals surface area contributed by atoms with Gasteiger partial charge in [-0.2, -0.15) is 10.5 Å². The fraction of sp³-hybridized carbons (Fsp3) is 0.267. The summed E-state index contributed by atoms with van der Waals surface area (Å²) in [5.74, 6) is -2.85. The molecule has 6 rings (SSSR count). The number of halogens is 3. The second-order valence-corrected chi connectivity index (χ2v) is 12.3. The van der Waals surface area contributed by atoms with Crippen molar-refractivity contribution in [3.05, 3.63) is 72.3 Å². The number of likely N-dealkylation sites (tertiary alicyclic amines) is 2. The largest absolute Gasteiger partial charge is 0.310 e. The van der Waals surface area contributed by atoms with E-state index in [0.29, 0.717) is 59.7 Å². The van der Waals surface area contributed by atoms with Crippen LogP contribution >= 0.6 is 22.7 Å². The summed E-state index contributed by atoms with van der Waals surface area (Å²) >= 11 is 2.52. The van der Waals surface area contributed by atoms with Crippen LogP contribution in [-0.2, 0) is 9.59 Å². The number of aromatic nitrogens is 2. The molecule has 2 aliphatic heterocycles. The molecule has 2 fully saturated rings. The Hall–Kier alpha value is -4.99. The van der Waals surface area contributed by atoms with Gasteiger partial charge in [-0.15, -0.1) is 0 Å². The van der Waals surface area contributed by atoms with E-state index in [9.17, 15) is 22.8 Å². The van der Waals surface area contributed by atoms with E-state index >= 15 is 0 Å². The van der Waals surface area contributed by atoms with Gasteiger partial charge in [0.05, 0.1) is 21.6 Å². The van der Waals surface area contributed by atoms with E-state index in [0.717, 1.165) is 22.6 Å². The maximum absolute atomic E-state index is 13.3. The van der Waals surface area contributed by atoms with Crippen molar-refractivity contribution in [1.82, 2.24) is 19.8 Å². The molecule has 4 aromatic rings. The Balaban J connectivity index is 0.000000178. The zero-order chi connectivity index (χ0) is 31.9. The molecule has 2 atom stereocenters. The summed E-state index contributed by atoms with van der Waals surface area (Å²) in [6.45, 7) is 2.06. The highest BCUT2D eigenvalue weighted by Gasteiger charge is 2.29. The summed E-state index contributed by atoms with van der Waals surface area (Å²) in [5, 5.41) is 24.0. The standard InChI is InChI=1S/C15H12F2N4OS.C15H13FN4OS/c16-11-2-1-9(5-12(11)17)13-6-19-15(23-13)20-14(22)10-3-4-21(7-10)8-18;16-12-3-1-10(2-4-12)13-7-18-15(22-13)19-14(21)11-5-6-20(8-11)9-17/h1-2,5-6,10H,3-4,7H2,(H,19,20,22);1-4,7,11H,5-6,8H2,(H,18,19,21)/t10-;11-/m00/s1. The van der Waals surface area contributed by atoms with Crippen LogP contribution in [0.3, 0.4) is 0 Å². The third-order valence-corrected chi connectivity index (χ3v) is 9.13. The first-order chi connectivity index (χ1) is 21.7. The highest BCUT2D eigenvalue weighted by atomic mass is 32.1. The summed E-state index contributed by atoms with van der Waals surface area (Å²) < 4.78 is 39.1. The van der Waals surface area contributed by atoms with Crippen LogP contribution in [0.15, 0.2) is 54.9 Å². The third kappa shape index (κ3) is 7.94. The molecule has 0 unspecified atom stereocenters. The van der Waals surface area contributed by atoms with Crippen molar-refractivity contribution in [1.29, 1.82) is 10.5 Å². The number of amides is 2. The van der Waals surface area contributed by atoms with Crippen molar-refractivity contribution in [3.8, 4) is 33.3 Å². The van der Waals surface area contributed by atoms with Crippen LogP contribution in [-0.4, -0.2) is 57.8 Å². The van der Waals surface area contributed by atoms with Crippen molar-refractivity contribution in [2.45, 2.75) is 12.8 Å². The van der Waals surface area contributed by atoms with E-state index in [1.807, 2.05) is 6.19 Å². The number of hydrogen-bond donors (Lipinski definition) is 2. The van der Waals surface area contributed by atoms with E-state index in [1.165, 1.54) is 47.1 Å². The first-order valence-electron chi connectivity index (χ1n) is 13.8. The Labute approximate surface area is 264 Å². The van der Waals surface area contributed by atoms with E-state index in [1.54, 1.807) is 28.1 Å². The van der Waals surface area contributed by atoms with Gasteiger partial charge < -0.3 is 20.4 Å². The number of carbonyl (C=O) groups is 2. The van der Waals surface area contributed by atoms with Gasteiger partial charge >= 0.3 is 0 Å². The molecule has 15 heteroatoms. The lowest BCUT2D eigenvalue weighted by molar-refractivity contribution is -0.120. The van der Waals surface area contributed by atoms with Gasteiger partial charge in [0.15, 0.2) is 34.3 Å². The molecular formula is C30H25F3N8O2S2. The minimum absolute atomic E-state index is 0.113. The average molecular weight is 651 g/mol. The number of carbonyl (C=O) groups excluding carboxylic acids is 2. The van der Waals surface area contributed by atoms with Crippen molar-refractivity contribution in [2.75, 3.05) is 36.8 Å². The quantitative estimate of drug-likeness (QED) is 0.260. The van der Waals surface area contributed by atoms with Crippen LogP contribution < -0.4 is 10.6 Å². The second-order valence-electron chi connectivity index (χ2n) is 10.2.